The molecule has 0 heterocycles. The van der Waals surface area contributed by atoms with Crippen molar-refractivity contribution < 1.29 is 24.6 Å². The molecule has 1 aromatic carbocycles. The molecule has 0 aliphatic heterocycles. The van der Waals surface area contributed by atoms with E-state index in [1.807, 2.05) is 0 Å². The fourth-order valence-electron chi connectivity index (χ4n) is 1.49. The second-order valence-corrected chi connectivity index (χ2v) is 7.04. The number of amides is 1. The van der Waals surface area contributed by atoms with Crippen LogP contribution in [0.4, 0.5) is 0 Å². The van der Waals surface area contributed by atoms with E-state index in [2.05, 4.69) is 5.32 Å². The highest BCUT2D eigenvalue weighted by Gasteiger charge is 2.23. The second kappa shape index (κ2) is 6.97. The van der Waals surface area contributed by atoms with Crippen molar-refractivity contribution in [2.24, 2.45) is 0 Å². The Morgan fingerprint density at radius 3 is 2.60 bits per heavy atom. The zero-order valence-corrected chi connectivity index (χ0v) is 12.2. The van der Waals surface area contributed by atoms with E-state index in [1.54, 1.807) is 31.2 Å². The van der Waals surface area contributed by atoms with E-state index in [-0.39, 0.29) is 13.2 Å². The SMILES string of the molecule is Cc1ccccc1C(=O)N(O)CNCC(O)P(C)(=O)O. The van der Waals surface area contributed by atoms with E-state index in [1.165, 1.54) is 0 Å². The Bertz CT molecular complexity index is 516. The number of aliphatic hydroxyl groups is 1. The molecule has 0 radical (unpaired) electrons. The van der Waals surface area contributed by atoms with Gasteiger partial charge in [0, 0.05) is 18.8 Å². The summed E-state index contributed by atoms with van der Waals surface area (Å²) >= 11 is 0. The molecule has 4 N–H and O–H groups in total. The molecule has 0 bridgehead atoms. The molecule has 112 valence electrons. The monoisotopic (exact) mass is 302 g/mol. The van der Waals surface area contributed by atoms with Gasteiger partial charge in [0.25, 0.3) is 5.91 Å². The van der Waals surface area contributed by atoms with Crippen molar-refractivity contribution >= 4 is 13.3 Å². The lowest BCUT2D eigenvalue weighted by molar-refractivity contribution is -0.0638. The van der Waals surface area contributed by atoms with E-state index in [4.69, 9.17) is 4.89 Å². The molecule has 1 aromatic rings. The summed E-state index contributed by atoms with van der Waals surface area (Å²) in [4.78, 5) is 21.0. The summed E-state index contributed by atoms with van der Waals surface area (Å²) in [6.45, 7) is 2.32. The fraction of sp³-hybridized carbons (Fsp3) is 0.417. The van der Waals surface area contributed by atoms with E-state index in [0.717, 1.165) is 12.2 Å². The van der Waals surface area contributed by atoms with Crippen LogP contribution < -0.4 is 5.32 Å². The van der Waals surface area contributed by atoms with Crippen LogP contribution in [-0.4, -0.2) is 51.9 Å². The summed E-state index contributed by atoms with van der Waals surface area (Å²) in [5.74, 6) is -2.03. The molecule has 20 heavy (non-hydrogen) atoms. The lowest BCUT2D eigenvalue weighted by Crippen LogP contribution is -2.39. The molecule has 8 heteroatoms. The molecule has 0 aliphatic carbocycles. The lowest BCUT2D eigenvalue weighted by atomic mass is 10.1. The Morgan fingerprint density at radius 1 is 1.45 bits per heavy atom. The molecule has 1 amide bonds. The summed E-state index contributed by atoms with van der Waals surface area (Å²) in [6, 6.07) is 6.80. The van der Waals surface area contributed by atoms with Crippen molar-refractivity contribution in [2.75, 3.05) is 19.9 Å². The third kappa shape index (κ3) is 4.70. The molecule has 0 aliphatic rings. The van der Waals surface area contributed by atoms with Crippen LogP contribution in [0.5, 0.6) is 0 Å². The standard InChI is InChI=1S/C12H19N2O5P/c1-9-5-3-4-6-10(9)12(16)14(17)8-13-7-11(15)20(2,18)19/h3-6,11,13,15,17H,7-8H2,1-2H3,(H,18,19). The predicted octanol–water partition coefficient (Wildman–Crippen LogP) is 0.592. The minimum absolute atomic E-state index is 0.206. The highest BCUT2D eigenvalue weighted by atomic mass is 31.2. The highest BCUT2D eigenvalue weighted by Crippen LogP contribution is 2.39. The second-order valence-electron chi connectivity index (χ2n) is 4.56. The van der Waals surface area contributed by atoms with Crippen molar-refractivity contribution in [3.8, 4) is 0 Å². The molecule has 1 rings (SSSR count). The molecular weight excluding hydrogens is 283 g/mol. The molecule has 2 atom stereocenters. The molecule has 7 nitrogen and oxygen atoms in total. The summed E-state index contributed by atoms with van der Waals surface area (Å²) in [7, 11) is -3.60. The van der Waals surface area contributed by atoms with E-state index >= 15 is 0 Å². The minimum atomic E-state index is -3.60. The topological polar surface area (TPSA) is 110 Å². The summed E-state index contributed by atoms with van der Waals surface area (Å²) < 4.78 is 11.1. The zero-order valence-electron chi connectivity index (χ0n) is 11.4. The van der Waals surface area contributed by atoms with Gasteiger partial charge in [-0.15, -0.1) is 0 Å². The van der Waals surface area contributed by atoms with E-state index in [0.29, 0.717) is 10.6 Å². The molecule has 0 aromatic heterocycles. The van der Waals surface area contributed by atoms with Crippen molar-refractivity contribution in [2.45, 2.75) is 12.8 Å². The number of carbonyl (C=O) groups is 1. The van der Waals surface area contributed by atoms with Crippen LogP contribution in [0.3, 0.4) is 0 Å². The number of carbonyl (C=O) groups excluding carboxylic acids is 1. The van der Waals surface area contributed by atoms with Gasteiger partial charge < -0.3 is 10.00 Å². The average molecular weight is 302 g/mol. The van der Waals surface area contributed by atoms with Gasteiger partial charge in [-0.05, 0) is 18.6 Å². The number of hydrogen-bond donors (Lipinski definition) is 4. The number of nitrogens with zero attached hydrogens (tertiary/aromatic N) is 1. The molecule has 0 fully saturated rings. The van der Waals surface area contributed by atoms with Crippen LogP contribution in [0.2, 0.25) is 0 Å². The summed E-state index contributed by atoms with van der Waals surface area (Å²) in [5, 5.41) is 21.9. The van der Waals surface area contributed by atoms with Crippen molar-refractivity contribution in [3.63, 3.8) is 0 Å². The number of hydroxylamine groups is 2. The van der Waals surface area contributed by atoms with Gasteiger partial charge in [0.1, 0.15) is 5.85 Å². The van der Waals surface area contributed by atoms with Crippen LogP contribution in [0.1, 0.15) is 15.9 Å². The zero-order chi connectivity index (χ0) is 15.3. The third-order valence-electron chi connectivity index (χ3n) is 2.75. The normalized spacial score (nSPS) is 15.4. The van der Waals surface area contributed by atoms with Crippen LogP contribution in [-0.2, 0) is 4.57 Å². The van der Waals surface area contributed by atoms with Gasteiger partial charge in [-0.25, -0.2) is 5.06 Å². The Labute approximate surface area is 117 Å². The van der Waals surface area contributed by atoms with Crippen molar-refractivity contribution in [1.82, 2.24) is 10.4 Å². The van der Waals surface area contributed by atoms with Gasteiger partial charge in [0.2, 0.25) is 7.37 Å². The van der Waals surface area contributed by atoms with Crippen LogP contribution >= 0.6 is 7.37 Å². The smallest absolute Gasteiger partial charge is 0.278 e. The Kier molecular flexibility index (Phi) is 5.86. The van der Waals surface area contributed by atoms with Crippen molar-refractivity contribution in [3.05, 3.63) is 35.4 Å². The largest absolute Gasteiger partial charge is 0.382 e. The molecular formula is C12H19N2O5P. The Morgan fingerprint density at radius 2 is 2.05 bits per heavy atom. The number of nitrogens with one attached hydrogen (secondary N) is 1. The molecule has 2 unspecified atom stereocenters. The summed E-state index contributed by atoms with van der Waals surface area (Å²) in [5.41, 5.74) is 1.09. The van der Waals surface area contributed by atoms with Gasteiger partial charge >= 0.3 is 0 Å². The first-order chi connectivity index (χ1) is 9.23. The number of aliphatic hydroxyl groups excluding tert-OH is 1. The Hall–Kier alpha value is -1.24. The van der Waals surface area contributed by atoms with Gasteiger partial charge in [-0.3, -0.25) is 19.9 Å². The maximum atomic E-state index is 11.9. The van der Waals surface area contributed by atoms with Gasteiger partial charge in [-0.2, -0.15) is 0 Å². The third-order valence-corrected chi connectivity index (χ3v) is 4.04. The first-order valence-electron chi connectivity index (χ1n) is 5.98. The first kappa shape index (κ1) is 16.8. The highest BCUT2D eigenvalue weighted by molar-refractivity contribution is 7.57. The van der Waals surface area contributed by atoms with Crippen LogP contribution in [0.25, 0.3) is 0 Å². The molecule has 0 spiro atoms. The van der Waals surface area contributed by atoms with Gasteiger partial charge in [0.05, 0.1) is 6.67 Å². The van der Waals surface area contributed by atoms with Crippen molar-refractivity contribution in [1.29, 1.82) is 0 Å². The number of aryl methyl sites for hydroxylation is 1. The van der Waals surface area contributed by atoms with Crippen LogP contribution in [0, 0.1) is 6.92 Å². The first-order valence-corrected chi connectivity index (χ1v) is 8.16. The maximum absolute atomic E-state index is 11.9. The maximum Gasteiger partial charge on any atom is 0.278 e. The average Bonchev–Trinajstić information content (AvgIpc) is 2.37. The number of benzene rings is 1. The minimum Gasteiger partial charge on any atom is -0.382 e. The van der Waals surface area contributed by atoms with Gasteiger partial charge in [-0.1, -0.05) is 18.2 Å². The Balaban J connectivity index is 2.52. The summed E-state index contributed by atoms with van der Waals surface area (Å²) in [6.07, 6.45) is 0. The van der Waals surface area contributed by atoms with Crippen LogP contribution in [0.15, 0.2) is 24.3 Å². The number of rotatable bonds is 6. The molecule has 0 saturated heterocycles. The quantitative estimate of drug-likeness (QED) is 0.265. The lowest BCUT2D eigenvalue weighted by Gasteiger charge is -2.19. The van der Waals surface area contributed by atoms with E-state index < -0.39 is 19.1 Å². The van der Waals surface area contributed by atoms with E-state index in [9.17, 15) is 19.7 Å². The fourth-order valence-corrected chi connectivity index (χ4v) is 1.96. The predicted molar refractivity (Wildman–Crippen MR) is 73.8 cm³/mol. The molecule has 0 saturated carbocycles. The van der Waals surface area contributed by atoms with Gasteiger partial charge in [0.15, 0.2) is 0 Å². The number of hydrogen-bond acceptors (Lipinski definition) is 5.